The molecule has 0 bridgehead atoms. The van der Waals surface area contributed by atoms with Crippen molar-refractivity contribution in [3.63, 3.8) is 0 Å². The minimum Gasteiger partial charge on any atom is -0.489 e. The van der Waals surface area contributed by atoms with Crippen LogP contribution in [0.25, 0.3) is 0 Å². The Kier molecular flexibility index (Phi) is 4.44. The highest BCUT2D eigenvalue weighted by Crippen LogP contribution is 2.40. The quantitative estimate of drug-likeness (QED) is 0.840. The first-order chi connectivity index (χ1) is 11.8. The maximum atomic E-state index is 5.90. The van der Waals surface area contributed by atoms with E-state index in [2.05, 4.69) is 29.2 Å². The first kappa shape index (κ1) is 15.5. The Morgan fingerprint density at radius 3 is 2.71 bits per heavy atom. The largest absolute Gasteiger partial charge is 0.489 e. The minimum atomic E-state index is 0.558. The first-order valence-electron chi connectivity index (χ1n) is 9.12. The highest BCUT2D eigenvalue weighted by Gasteiger charge is 2.35. The van der Waals surface area contributed by atoms with Gasteiger partial charge in [-0.2, -0.15) is 0 Å². The number of fused-ring (bicyclic) bond motifs is 1. The van der Waals surface area contributed by atoms with E-state index in [1.165, 1.54) is 44.2 Å². The molecule has 0 unspecified atom stereocenters. The van der Waals surface area contributed by atoms with Crippen molar-refractivity contribution >= 4 is 5.69 Å². The normalized spacial score (nSPS) is 23.8. The van der Waals surface area contributed by atoms with E-state index < -0.39 is 0 Å². The molecule has 2 N–H and O–H groups in total. The monoisotopic (exact) mass is 322 g/mol. The van der Waals surface area contributed by atoms with Crippen molar-refractivity contribution in [3.05, 3.63) is 59.7 Å². The van der Waals surface area contributed by atoms with Crippen LogP contribution in [0.15, 0.2) is 48.5 Å². The summed E-state index contributed by atoms with van der Waals surface area (Å²) in [7, 11) is 0. The molecule has 3 nitrogen and oxygen atoms in total. The summed E-state index contributed by atoms with van der Waals surface area (Å²) >= 11 is 0. The molecule has 0 spiro atoms. The first-order valence-corrected chi connectivity index (χ1v) is 9.12. The van der Waals surface area contributed by atoms with Gasteiger partial charge in [0.25, 0.3) is 0 Å². The number of benzene rings is 2. The number of nitrogens with zero attached hydrogens (tertiary/aromatic N) is 1. The van der Waals surface area contributed by atoms with Crippen molar-refractivity contribution in [3.8, 4) is 5.75 Å². The molecule has 0 aliphatic carbocycles. The van der Waals surface area contributed by atoms with Gasteiger partial charge in [-0.25, -0.2) is 0 Å². The van der Waals surface area contributed by atoms with Gasteiger partial charge < -0.3 is 10.5 Å². The number of nitrogens with two attached hydrogens (primary N) is 1. The molecule has 2 atom stereocenters. The Morgan fingerprint density at radius 1 is 1.00 bits per heavy atom. The second-order valence-electron chi connectivity index (χ2n) is 7.08. The number of anilines is 1. The smallest absolute Gasteiger partial charge is 0.119 e. The lowest BCUT2D eigenvalue weighted by molar-refractivity contribution is 0.150. The summed E-state index contributed by atoms with van der Waals surface area (Å²) in [5, 5.41) is 0. The molecule has 3 heteroatoms. The van der Waals surface area contributed by atoms with Gasteiger partial charge in [-0.05, 0) is 67.6 Å². The lowest BCUT2D eigenvalue weighted by Crippen LogP contribution is -2.35. The van der Waals surface area contributed by atoms with Gasteiger partial charge in [0, 0.05) is 17.8 Å². The summed E-state index contributed by atoms with van der Waals surface area (Å²) in [6, 6.07) is 18.0. The molecule has 0 radical (unpaired) electrons. The number of rotatable bonds is 4. The van der Waals surface area contributed by atoms with E-state index in [1.807, 2.05) is 24.3 Å². The Balaban J connectivity index is 1.39. The second-order valence-corrected chi connectivity index (χ2v) is 7.08. The summed E-state index contributed by atoms with van der Waals surface area (Å²) in [6.07, 6.45) is 6.81. The van der Waals surface area contributed by atoms with Gasteiger partial charge in [0.15, 0.2) is 0 Å². The summed E-state index contributed by atoms with van der Waals surface area (Å²) in [6.45, 7) is 1.82. The number of nitrogen functional groups attached to an aromatic ring is 1. The molecule has 2 aromatic carbocycles. The fourth-order valence-corrected chi connectivity index (χ4v) is 4.25. The number of hydrogen-bond acceptors (Lipinski definition) is 3. The van der Waals surface area contributed by atoms with Crippen molar-refractivity contribution < 1.29 is 4.74 Å². The molecule has 0 aromatic heterocycles. The topological polar surface area (TPSA) is 38.5 Å². The molecule has 24 heavy (non-hydrogen) atoms. The van der Waals surface area contributed by atoms with Crippen molar-refractivity contribution in [1.29, 1.82) is 0 Å². The fraction of sp³-hybridized carbons (Fsp3) is 0.429. The zero-order valence-electron chi connectivity index (χ0n) is 14.2. The predicted octanol–water partition coefficient (Wildman–Crippen LogP) is 4.54. The van der Waals surface area contributed by atoms with Crippen LogP contribution >= 0.6 is 0 Å². The van der Waals surface area contributed by atoms with Crippen LogP contribution in [-0.4, -0.2) is 17.5 Å². The Bertz CT molecular complexity index is 682. The highest BCUT2D eigenvalue weighted by molar-refractivity contribution is 5.40. The van der Waals surface area contributed by atoms with Crippen molar-refractivity contribution in [2.24, 2.45) is 0 Å². The molecule has 2 aliphatic heterocycles. The van der Waals surface area contributed by atoms with Crippen LogP contribution in [0.3, 0.4) is 0 Å². The molecule has 2 fully saturated rings. The third-order valence-electron chi connectivity index (χ3n) is 5.47. The standard InChI is InChI=1S/C21H26N2O/c22-18-5-3-4-16(14-18)15-24-20-10-7-17(8-11-20)21-12-9-19-6-1-2-13-23(19)21/h3-5,7-8,10-11,14,19,21H,1-2,6,9,12-13,15,22H2/t19-,21+/m1/s1. The molecule has 2 heterocycles. The molecule has 126 valence electrons. The van der Waals surface area contributed by atoms with Gasteiger partial charge in [0.2, 0.25) is 0 Å². The number of hydrogen-bond donors (Lipinski definition) is 1. The third kappa shape index (κ3) is 3.27. The van der Waals surface area contributed by atoms with Gasteiger partial charge in [0.1, 0.15) is 12.4 Å². The minimum absolute atomic E-state index is 0.558. The van der Waals surface area contributed by atoms with Gasteiger partial charge >= 0.3 is 0 Å². The van der Waals surface area contributed by atoms with Crippen LogP contribution in [0, 0.1) is 0 Å². The van der Waals surface area contributed by atoms with E-state index in [0.717, 1.165) is 23.0 Å². The molecular weight excluding hydrogens is 296 g/mol. The van der Waals surface area contributed by atoms with E-state index >= 15 is 0 Å². The van der Waals surface area contributed by atoms with E-state index in [4.69, 9.17) is 10.5 Å². The molecule has 2 saturated heterocycles. The second kappa shape index (κ2) is 6.86. The molecule has 4 rings (SSSR count). The summed E-state index contributed by atoms with van der Waals surface area (Å²) < 4.78 is 5.90. The van der Waals surface area contributed by atoms with Crippen molar-refractivity contribution in [2.75, 3.05) is 12.3 Å². The van der Waals surface area contributed by atoms with Gasteiger partial charge in [0.05, 0.1) is 0 Å². The van der Waals surface area contributed by atoms with Gasteiger partial charge in [-0.15, -0.1) is 0 Å². The van der Waals surface area contributed by atoms with Gasteiger partial charge in [-0.1, -0.05) is 30.7 Å². The Labute approximate surface area is 144 Å². The average Bonchev–Trinajstić information content (AvgIpc) is 3.05. The van der Waals surface area contributed by atoms with Crippen LogP contribution in [-0.2, 0) is 6.61 Å². The zero-order valence-corrected chi connectivity index (χ0v) is 14.2. The molecule has 0 saturated carbocycles. The number of piperidine rings is 1. The maximum absolute atomic E-state index is 5.90. The lowest BCUT2D eigenvalue weighted by atomic mass is 10.0. The van der Waals surface area contributed by atoms with E-state index in [-0.39, 0.29) is 0 Å². The van der Waals surface area contributed by atoms with Crippen LogP contribution < -0.4 is 10.5 Å². The molecular formula is C21H26N2O. The van der Waals surface area contributed by atoms with Gasteiger partial charge in [-0.3, -0.25) is 4.90 Å². The summed E-state index contributed by atoms with van der Waals surface area (Å²) in [5.41, 5.74) is 9.14. The Morgan fingerprint density at radius 2 is 1.88 bits per heavy atom. The Hall–Kier alpha value is -2.00. The van der Waals surface area contributed by atoms with Crippen LogP contribution in [0.5, 0.6) is 5.75 Å². The predicted molar refractivity (Wildman–Crippen MR) is 97.9 cm³/mol. The van der Waals surface area contributed by atoms with Crippen molar-refractivity contribution in [1.82, 2.24) is 4.90 Å². The van der Waals surface area contributed by atoms with Crippen LogP contribution in [0.2, 0.25) is 0 Å². The van der Waals surface area contributed by atoms with Crippen LogP contribution in [0.4, 0.5) is 5.69 Å². The number of ether oxygens (including phenoxy) is 1. The SMILES string of the molecule is Nc1cccc(COc2ccc([C@@H]3CC[C@H]4CCCCN43)cc2)c1. The highest BCUT2D eigenvalue weighted by atomic mass is 16.5. The van der Waals surface area contributed by atoms with E-state index in [1.54, 1.807) is 0 Å². The zero-order chi connectivity index (χ0) is 16.4. The van der Waals surface area contributed by atoms with E-state index in [9.17, 15) is 0 Å². The summed E-state index contributed by atoms with van der Waals surface area (Å²) in [5.74, 6) is 0.925. The van der Waals surface area contributed by atoms with E-state index in [0.29, 0.717) is 12.6 Å². The van der Waals surface area contributed by atoms with Crippen molar-refractivity contribution in [2.45, 2.75) is 50.8 Å². The average molecular weight is 322 g/mol. The molecule has 0 amide bonds. The fourth-order valence-electron chi connectivity index (χ4n) is 4.25. The molecule has 2 aliphatic rings. The van der Waals surface area contributed by atoms with Crippen LogP contribution in [0.1, 0.15) is 49.3 Å². The summed E-state index contributed by atoms with van der Waals surface area (Å²) in [4.78, 5) is 2.73. The lowest BCUT2D eigenvalue weighted by Gasteiger charge is -2.34. The maximum Gasteiger partial charge on any atom is 0.119 e. The molecule has 2 aromatic rings. The third-order valence-corrected chi connectivity index (χ3v) is 5.47.